The van der Waals surface area contributed by atoms with Crippen molar-refractivity contribution in [1.29, 1.82) is 0 Å². The summed E-state index contributed by atoms with van der Waals surface area (Å²) in [6.07, 6.45) is 1.57. The largest absolute Gasteiger partial charge is 0.381 e. The van der Waals surface area contributed by atoms with Gasteiger partial charge in [0, 0.05) is 0 Å². The highest BCUT2D eigenvalue weighted by atomic mass is 79.9. The zero-order chi connectivity index (χ0) is 5.98. The van der Waals surface area contributed by atoms with E-state index in [0.29, 0.717) is 5.82 Å². The van der Waals surface area contributed by atoms with Crippen molar-refractivity contribution in [3.63, 3.8) is 0 Å². The van der Waals surface area contributed by atoms with E-state index >= 15 is 0 Å². The predicted molar refractivity (Wildman–Crippen MR) is 44.5 cm³/mol. The number of nitrogens with two attached hydrogens (primary N) is 1. The van der Waals surface area contributed by atoms with E-state index in [-0.39, 0.29) is 17.0 Å². The summed E-state index contributed by atoms with van der Waals surface area (Å²) in [6.45, 7) is 0. The van der Waals surface area contributed by atoms with Crippen LogP contribution in [0.4, 0.5) is 5.82 Å². The molecule has 0 fully saturated rings. The van der Waals surface area contributed by atoms with Crippen LogP contribution in [0.1, 0.15) is 0 Å². The molecule has 0 bridgehead atoms. The molecule has 0 aliphatic carbocycles. The maximum absolute atomic E-state index is 5.30. The molecule has 0 spiro atoms. The van der Waals surface area contributed by atoms with E-state index < -0.39 is 0 Å². The van der Waals surface area contributed by atoms with Gasteiger partial charge < -0.3 is 5.73 Å². The van der Waals surface area contributed by atoms with Crippen LogP contribution in [-0.4, -0.2) is 10.2 Å². The third-order valence-electron chi connectivity index (χ3n) is 0.698. The third kappa shape index (κ3) is 2.28. The lowest BCUT2D eigenvalue weighted by Crippen LogP contribution is -1.91. The average molecular weight is 255 g/mol. The highest BCUT2D eigenvalue weighted by molar-refractivity contribution is 9.10. The number of nitrogens with zero attached hydrogens (tertiary/aromatic N) is 2. The monoisotopic (exact) mass is 253 g/mol. The minimum Gasteiger partial charge on any atom is -0.381 e. The van der Waals surface area contributed by atoms with E-state index in [1.807, 2.05) is 0 Å². The van der Waals surface area contributed by atoms with Gasteiger partial charge >= 0.3 is 0 Å². The zero-order valence-electron chi connectivity index (χ0n) is 4.41. The first-order valence-corrected chi connectivity index (χ1v) is 2.82. The van der Waals surface area contributed by atoms with Crippen LogP contribution in [0.3, 0.4) is 0 Å². The standard InChI is InChI=1S/C4H4BrN3.BrH/c5-3-1-2-7-8-4(3)6;/h1-2H,(H2,6,8);1H. The summed E-state index contributed by atoms with van der Waals surface area (Å²) in [5.41, 5.74) is 5.30. The fraction of sp³-hybridized carbons (Fsp3) is 0. The Morgan fingerprint density at radius 2 is 2.22 bits per heavy atom. The van der Waals surface area contributed by atoms with E-state index in [1.165, 1.54) is 0 Å². The van der Waals surface area contributed by atoms with Crippen molar-refractivity contribution in [1.82, 2.24) is 10.2 Å². The van der Waals surface area contributed by atoms with Crippen molar-refractivity contribution in [3.8, 4) is 0 Å². The Bertz CT molecular complexity index is 170. The Kier molecular flexibility index (Phi) is 3.72. The molecule has 0 aromatic carbocycles. The second kappa shape index (κ2) is 3.79. The smallest absolute Gasteiger partial charge is 0.160 e. The second-order valence-electron chi connectivity index (χ2n) is 1.26. The minimum atomic E-state index is 0. The van der Waals surface area contributed by atoms with E-state index in [2.05, 4.69) is 26.1 Å². The summed E-state index contributed by atoms with van der Waals surface area (Å²) in [6, 6.07) is 1.74. The Morgan fingerprint density at radius 3 is 2.56 bits per heavy atom. The maximum atomic E-state index is 5.30. The van der Waals surface area contributed by atoms with Crippen molar-refractivity contribution in [2.24, 2.45) is 0 Å². The van der Waals surface area contributed by atoms with Crippen molar-refractivity contribution < 1.29 is 0 Å². The van der Waals surface area contributed by atoms with Crippen LogP contribution in [0.2, 0.25) is 0 Å². The number of hydrogen-bond acceptors (Lipinski definition) is 3. The molecule has 1 aromatic rings. The summed E-state index contributed by atoms with van der Waals surface area (Å²) in [7, 11) is 0. The van der Waals surface area contributed by atoms with Gasteiger partial charge in [-0.2, -0.15) is 5.10 Å². The highest BCUT2D eigenvalue weighted by Crippen LogP contribution is 2.12. The third-order valence-corrected chi connectivity index (χ3v) is 1.37. The van der Waals surface area contributed by atoms with Gasteiger partial charge in [-0.25, -0.2) is 0 Å². The predicted octanol–water partition coefficient (Wildman–Crippen LogP) is 1.40. The van der Waals surface area contributed by atoms with Gasteiger partial charge in [-0.15, -0.1) is 22.1 Å². The zero-order valence-corrected chi connectivity index (χ0v) is 7.71. The number of hydrogen-bond donors (Lipinski definition) is 1. The molecule has 0 aliphatic rings. The number of rotatable bonds is 0. The summed E-state index contributed by atoms with van der Waals surface area (Å²) >= 11 is 3.17. The molecule has 5 heteroatoms. The quantitative estimate of drug-likeness (QED) is 0.762. The fourth-order valence-electron chi connectivity index (χ4n) is 0.327. The molecule has 0 saturated heterocycles. The molecule has 1 aromatic heterocycles. The molecule has 1 heterocycles. The highest BCUT2D eigenvalue weighted by Gasteiger charge is 1.90. The van der Waals surface area contributed by atoms with E-state index in [0.717, 1.165) is 4.47 Å². The lowest BCUT2D eigenvalue weighted by atomic mass is 10.5. The molecule has 0 atom stereocenters. The number of anilines is 1. The number of aromatic nitrogens is 2. The fourth-order valence-corrected chi connectivity index (χ4v) is 0.525. The first-order chi connectivity index (χ1) is 3.80. The lowest BCUT2D eigenvalue weighted by Gasteiger charge is -1.89. The van der Waals surface area contributed by atoms with Gasteiger partial charge in [0.15, 0.2) is 5.82 Å². The van der Waals surface area contributed by atoms with Crippen LogP contribution in [0.5, 0.6) is 0 Å². The summed E-state index contributed by atoms with van der Waals surface area (Å²) in [4.78, 5) is 0. The van der Waals surface area contributed by atoms with Crippen LogP contribution >= 0.6 is 32.9 Å². The Morgan fingerprint density at radius 1 is 1.56 bits per heavy atom. The van der Waals surface area contributed by atoms with Crippen molar-refractivity contribution >= 4 is 38.7 Å². The first kappa shape index (κ1) is 8.84. The number of nitrogen functional groups attached to an aromatic ring is 1. The van der Waals surface area contributed by atoms with Gasteiger partial charge in [-0.3, -0.25) is 0 Å². The van der Waals surface area contributed by atoms with Crippen LogP contribution in [-0.2, 0) is 0 Å². The second-order valence-corrected chi connectivity index (χ2v) is 2.12. The molecule has 0 unspecified atom stereocenters. The van der Waals surface area contributed by atoms with Gasteiger partial charge in [0.1, 0.15) is 0 Å². The topological polar surface area (TPSA) is 51.8 Å². The first-order valence-electron chi connectivity index (χ1n) is 2.03. The Labute approximate surface area is 71.6 Å². The maximum Gasteiger partial charge on any atom is 0.160 e. The molecular weight excluding hydrogens is 250 g/mol. The van der Waals surface area contributed by atoms with E-state index in [1.54, 1.807) is 12.3 Å². The summed E-state index contributed by atoms with van der Waals surface area (Å²) < 4.78 is 0.785. The Balaban J connectivity index is 0.000000640. The summed E-state index contributed by atoms with van der Waals surface area (Å²) in [5.74, 6) is 0.424. The van der Waals surface area contributed by atoms with Crippen molar-refractivity contribution in [2.75, 3.05) is 5.73 Å². The molecule has 50 valence electrons. The van der Waals surface area contributed by atoms with Crippen LogP contribution < -0.4 is 5.73 Å². The Hall–Kier alpha value is -0.160. The molecular formula is C4H5Br2N3. The molecule has 0 amide bonds. The molecule has 9 heavy (non-hydrogen) atoms. The van der Waals surface area contributed by atoms with Crippen molar-refractivity contribution in [3.05, 3.63) is 16.7 Å². The lowest BCUT2D eigenvalue weighted by molar-refractivity contribution is 1.03. The molecule has 1 rings (SSSR count). The van der Waals surface area contributed by atoms with E-state index in [9.17, 15) is 0 Å². The molecule has 3 nitrogen and oxygen atoms in total. The molecule has 2 N–H and O–H groups in total. The van der Waals surface area contributed by atoms with Gasteiger partial charge in [-0.1, -0.05) is 0 Å². The minimum absolute atomic E-state index is 0. The van der Waals surface area contributed by atoms with Gasteiger partial charge in [0.2, 0.25) is 0 Å². The molecule has 0 aliphatic heterocycles. The normalized spacial score (nSPS) is 8.11. The van der Waals surface area contributed by atoms with Crippen LogP contribution in [0.25, 0.3) is 0 Å². The molecule has 0 saturated carbocycles. The van der Waals surface area contributed by atoms with Gasteiger partial charge in [-0.05, 0) is 22.0 Å². The number of halogens is 2. The SMILES string of the molecule is Br.Nc1nnccc1Br. The molecule has 0 radical (unpaired) electrons. The average Bonchev–Trinajstić information content (AvgIpc) is 1.77. The van der Waals surface area contributed by atoms with Gasteiger partial charge in [0.05, 0.1) is 10.7 Å². The van der Waals surface area contributed by atoms with Crippen LogP contribution in [0, 0.1) is 0 Å². The summed E-state index contributed by atoms with van der Waals surface area (Å²) in [5, 5.41) is 7.10. The van der Waals surface area contributed by atoms with Crippen molar-refractivity contribution in [2.45, 2.75) is 0 Å². The van der Waals surface area contributed by atoms with Gasteiger partial charge in [0.25, 0.3) is 0 Å². The van der Waals surface area contributed by atoms with E-state index in [4.69, 9.17) is 5.73 Å². The van der Waals surface area contributed by atoms with Crippen LogP contribution in [0.15, 0.2) is 16.7 Å².